The van der Waals surface area contributed by atoms with Crippen LogP contribution in [0.4, 0.5) is 4.79 Å². The molecule has 1 saturated heterocycles. The second-order valence-corrected chi connectivity index (χ2v) is 3.73. The summed E-state index contributed by atoms with van der Waals surface area (Å²) >= 11 is 0. The van der Waals surface area contributed by atoms with Crippen molar-refractivity contribution in [1.29, 1.82) is 0 Å². The minimum atomic E-state index is -0.634. The van der Waals surface area contributed by atoms with Crippen LogP contribution in [0.1, 0.15) is 18.6 Å². The van der Waals surface area contributed by atoms with Crippen molar-refractivity contribution in [2.75, 3.05) is 0 Å². The Balaban J connectivity index is 2.32. The zero-order valence-corrected chi connectivity index (χ0v) is 9.63. The first kappa shape index (κ1) is 11.5. The summed E-state index contributed by atoms with van der Waals surface area (Å²) in [5.74, 6) is 0. The topological polar surface area (TPSA) is 35.5 Å². The van der Waals surface area contributed by atoms with Crippen LogP contribution in [0.2, 0.25) is 0 Å². The van der Waals surface area contributed by atoms with Crippen LogP contribution in [0.3, 0.4) is 0 Å². The molecule has 2 rings (SSSR count). The lowest BCUT2D eigenvalue weighted by molar-refractivity contribution is 0.117. The van der Waals surface area contributed by atoms with E-state index in [0.717, 1.165) is 11.1 Å². The van der Waals surface area contributed by atoms with Gasteiger partial charge in [-0.15, -0.1) is 0 Å². The normalized spacial score (nSPS) is 24.1. The van der Waals surface area contributed by atoms with Crippen LogP contribution < -0.4 is 0 Å². The monoisotopic (exact) mass is 230 g/mol. The maximum atomic E-state index is 11.3. The van der Waals surface area contributed by atoms with Gasteiger partial charge in [0.2, 0.25) is 0 Å². The fourth-order valence-electron chi connectivity index (χ4n) is 1.89. The molecule has 2 atom stereocenters. The van der Waals surface area contributed by atoms with Crippen molar-refractivity contribution in [3.05, 3.63) is 60.2 Å². The predicted octanol–water partition coefficient (Wildman–Crippen LogP) is 3.40. The molecule has 0 spiro atoms. The molecule has 0 radical (unpaired) electrons. The van der Waals surface area contributed by atoms with Gasteiger partial charge in [-0.3, -0.25) is 0 Å². The number of carbonyl (C=O) groups excluding carboxylic acids is 1. The highest BCUT2D eigenvalue weighted by Crippen LogP contribution is 2.34. The van der Waals surface area contributed by atoms with Gasteiger partial charge in [0.05, 0.1) is 0 Å². The second kappa shape index (κ2) is 4.87. The molecule has 0 saturated carbocycles. The van der Waals surface area contributed by atoms with E-state index in [2.05, 4.69) is 6.58 Å². The lowest BCUT2D eigenvalue weighted by atomic mass is 9.98. The summed E-state index contributed by atoms with van der Waals surface area (Å²) < 4.78 is 10.4. The van der Waals surface area contributed by atoms with Crippen molar-refractivity contribution in [3.8, 4) is 0 Å². The zero-order chi connectivity index (χ0) is 12.3. The molecule has 88 valence electrons. The van der Waals surface area contributed by atoms with E-state index in [1.165, 1.54) is 0 Å². The third-order valence-electron chi connectivity index (χ3n) is 2.75. The Morgan fingerprint density at radius 3 is 2.59 bits per heavy atom. The molecule has 1 aromatic rings. The molecule has 0 aromatic heterocycles. The van der Waals surface area contributed by atoms with Crippen LogP contribution in [-0.2, 0) is 9.47 Å². The molecule has 3 heteroatoms. The number of benzene rings is 1. The summed E-state index contributed by atoms with van der Waals surface area (Å²) in [5.41, 5.74) is 1.77. The molecule has 2 unspecified atom stereocenters. The van der Waals surface area contributed by atoms with Gasteiger partial charge in [0.25, 0.3) is 0 Å². The molecule has 1 aliphatic rings. The van der Waals surface area contributed by atoms with Crippen molar-refractivity contribution in [2.24, 2.45) is 0 Å². The Bertz CT molecular complexity index is 448. The third kappa shape index (κ3) is 2.23. The fraction of sp³-hybridized carbons (Fsp3) is 0.214. The molecule has 0 bridgehead atoms. The first-order valence-corrected chi connectivity index (χ1v) is 5.47. The molecule has 1 aliphatic heterocycles. The van der Waals surface area contributed by atoms with Gasteiger partial charge in [0.15, 0.2) is 12.2 Å². The Hall–Kier alpha value is -2.03. The van der Waals surface area contributed by atoms with Gasteiger partial charge < -0.3 is 9.47 Å². The first-order chi connectivity index (χ1) is 8.26. The van der Waals surface area contributed by atoms with Crippen molar-refractivity contribution in [3.63, 3.8) is 0 Å². The van der Waals surface area contributed by atoms with E-state index in [-0.39, 0.29) is 0 Å². The molecular weight excluding hydrogens is 216 g/mol. The number of hydrogen-bond acceptors (Lipinski definition) is 3. The van der Waals surface area contributed by atoms with Gasteiger partial charge >= 0.3 is 6.16 Å². The summed E-state index contributed by atoms with van der Waals surface area (Å²) in [5, 5.41) is 0. The van der Waals surface area contributed by atoms with E-state index in [9.17, 15) is 4.79 Å². The Kier molecular flexibility index (Phi) is 3.28. The van der Waals surface area contributed by atoms with E-state index in [0.29, 0.717) is 0 Å². The quantitative estimate of drug-likeness (QED) is 0.589. The first-order valence-electron chi connectivity index (χ1n) is 5.47. The SMILES string of the molecule is C=C/C(=C\C)C1OC(=O)OC1c1ccccc1. The van der Waals surface area contributed by atoms with Gasteiger partial charge in [0, 0.05) is 0 Å². The standard InChI is InChI=1S/C14H14O3/c1-3-10(4-2)12-13(17-14(15)16-12)11-8-6-5-7-9-11/h3-9,12-13H,1H2,2H3/b10-4+. The summed E-state index contributed by atoms with van der Waals surface area (Å²) in [6.07, 6.45) is 2.11. The predicted molar refractivity (Wildman–Crippen MR) is 64.5 cm³/mol. The number of carbonyl (C=O) groups is 1. The maximum Gasteiger partial charge on any atom is 0.509 e. The largest absolute Gasteiger partial charge is 0.509 e. The number of hydrogen-bond donors (Lipinski definition) is 0. The fourth-order valence-corrected chi connectivity index (χ4v) is 1.89. The van der Waals surface area contributed by atoms with Gasteiger partial charge in [-0.25, -0.2) is 4.79 Å². The minimum absolute atomic E-state index is 0.395. The highest BCUT2D eigenvalue weighted by Gasteiger charge is 2.38. The molecule has 1 fully saturated rings. The Morgan fingerprint density at radius 2 is 2.00 bits per heavy atom. The number of allylic oxidation sites excluding steroid dienone is 1. The molecular formula is C14H14O3. The average Bonchev–Trinajstić information content (AvgIpc) is 2.74. The lowest BCUT2D eigenvalue weighted by Gasteiger charge is -2.16. The maximum absolute atomic E-state index is 11.3. The molecule has 1 heterocycles. The second-order valence-electron chi connectivity index (χ2n) is 3.73. The van der Waals surface area contributed by atoms with Gasteiger partial charge in [-0.05, 0) is 18.1 Å². The Labute approximate surface area is 100 Å². The van der Waals surface area contributed by atoms with E-state index in [4.69, 9.17) is 9.47 Å². The molecule has 0 amide bonds. The van der Waals surface area contributed by atoms with Crippen molar-refractivity contribution < 1.29 is 14.3 Å². The number of ether oxygens (including phenoxy) is 2. The third-order valence-corrected chi connectivity index (χ3v) is 2.75. The number of rotatable bonds is 3. The lowest BCUT2D eigenvalue weighted by Crippen LogP contribution is -2.16. The van der Waals surface area contributed by atoms with Crippen LogP contribution in [0.15, 0.2) is 54.6 Å². The van der Waals surface area contributed by atoms with Gasteiger partial charge in [0.1, 0.15) is 0 Å². The molecule has 3 nitrogen and oxygen atoms in total. The van der Waals surface area contributed by atoms with Crippen molar-refractivity contribution >= 4 is 6.16 Å². The van der Waals surface area contributed by atoms with E-state index >= 15 is 0 Å². The van der Waals surface area contributed by atoms with Gasteiger partial charge in [-0.2, -0.15) is 0 Å². The smallest absolute Gasteiger partial charge is 0.422 e. The van der Waals surface area contributed by atoms with Crippen molar-refractivity contribution in [2.45, 2.75) is 19.1 Å². The van der Waals surface area contributed by atoms with Crippen molar-refractivity contribution in [1.82, 2.24) is 0 Å². The molecule has 0 N–H and O–H groups in total. The summed E-state index contributed by atoms with van der Waals surface area (Å²) in [7, 11) is 0. The molecule has 17 heavy (non-hydrogen) atoms. The van der Waals surface area contributed by atoms with Crippen LogP contribution in [0.5, 0.6) is 0 Å². The summed E-state index contributed by atoms with van der Waals surface area (Å²) in [4.78, 5) is 11.3. The van der Waals surface area contributed by atoms with Crippen LogP contribution >= 0.6 is 0 Å². The van der Waals surface area contributed by atoms with E-state index in [1.807, 2.05) is 43.3 Å². The number of cyclic esters (lactones) is 2. The zero-order valence-electron chi connectivity index (χ0n) is 9.63. The molecule has 0 aliphatic carbocycles. The van der Waals surface area contributed by atoms with E-state index < -0.39 is 18.4 Å². The average molecular weight is 230 g/mol. The molecule has 1 aromatic carbocycles. The Morgan fingerprint density at radius 1 is 1.29 bits per heavy atom. The minimum Gasteiger partial charge on any atom is -0.422 e. The van der Waals surface area contributed by atoms with Gasteiger partial charge in [-0.1, -0.05) is 49.1 Å². The highest BCUT2D eigenvalue weighted by atomic mass is 16.8. The van der Waals surface area contributed by atoms with E-state index in [1.54, 1.807) is 6.08 Å². The van der Waals surface area contributed by atoms with Crippen LogP contribution in [-0.4, -0.2) is 12.3 Å². The van der Waals surface area contributed by atoms with Crippen LogP contribution in [0, 0.1) is 0 Å². The highest BCUT2D eigenvalue weighted by molar-refractivity contribution is 5.64. The van der Waals surface area contributed by atoms with Crippen LogP contribution in [0.25, 0.3) is 0 Å². The summed E-state index contributed by atoms with van der Waals surface area (Å²) in [6.45, 7) is 5.59. The summed E-state index contributed by atoms with van der Waals surface area (Å²) in [6, 6.07) is 9.55.